The summed E-state index contributed by atoms with van der Waals surface area (Å²) in [5.74, 6) is -0.225. The summed E-state index contributed by atoms with van der Waals surface area (Å²) in [7, 11) is 0. The van der Waals surface area contributed by atoms with Crippen LogP contribution in [0.4, 0.5) is 0 Å². The molecule has 6 nitrogen and oxygen atoms in total. The Kier molecular flexibility index (Phi) is 27.8. The predicted octanol–water partition coefficient (Wildman–Crippen LogP) is 9.65. The molecule has 6 heteroatoms. The molecule has 0 amide bonds. The van der Waals surface area contributed by atoms with Gasteiger partial charge in [-0.15, -0.1) is 0 Å². The number of carbonyl (C=O) groups excluding carboxylic acids is 3. The van der Waals surface area contributed by atoms with Gasteiger partial charge in [0.15, 0.2) is 6.10 Å². The molecule has 236 valence electrons. The van der Waals surface area contributed by atoms with Crippen molar-refractivity contribution in [3.05, 3.63) is 0 Å². The van der Waals surface area contributed by atoms with E-state index in [0.717, 1.165) is 64.2 Å². The second kappa shape index (κ2) is 28.9. The van der Waals surface area contributed by atoms with Gasteiger partial charge in [-0.3, -0.25) is 14.4 Å². The number of ether oxygens (including phenoxy) is 3. The summed E-state index contributed by atoms with van der Waals surface area (Å²) >= 11 is 0. The standard InChI is InChI=1S/C34H64O6/c1-5-7-9-11-13-15-17-21-25-32(35)38-28-31(29-39-33(36)26-23-19-20-24-30(3)4)40-34(37)27-22-18-16-14-12-10-8-6-2/h30-31H,5-29H2,1-4H3. The summed E-state index contributed by atoms with van der Waals surface area (Å²) in [6.45, 7) is 8.70. The predicted molar refractivity (Wildman–Crippen MR) is 164 cm³/mol. The average Bonchev–Trinajstić information content (AvgIpc) is 2.92. The molecule has 0 radical (unpaired) electrons. The molecule has 0 aromatic rings. The molecule has 0 spiro atoms. The van der Waals surface area contributed by atoms with Gasteiger partial charge < -0.3 is 14.2 Å². The average molecular weight is 569 g/mol. The Morgan fingerprint density at radius 1 is 0.475 bits per heavy atom. The third kappa shape index (κ3) is 28.0. The van der Waals surface area contributed by atoms with Gasteiger partial charge in [-0.2, -0.15) is 0 Å². The van der Waals surface area contributed by atoms with Crippen molar-refractivity contribution < 1.29 is 28.6 Å². The highest BCUT2D eigenvalue weighted by Crippen LogP contribution is 2.13. The molecule has 0 aliphatic heterocycles. The Morgan fingerprint density at radius 2 is 0.825 bits per heavy atom. The van der Waals surface area contributed by atoms with Gasteiger partial charge in [0.05, 0.1) is 0 Å². The monoisotopic (exact) mass is 568 g/mol. The third-order valence-electron chi connectivity index (χ3n) is 7.29. The van der Waals surface area contributed by atoms with Gasteiger partial charge in [0.2, 0.25) is 0 Å². The zero-order valence-electron chi connectivity index (χ0n) is 26.8. The lowest BCUT2D eigenvalue weighted by atomic mass is 10.0. The maximum atomic E-state index is 12.5. The van der Waals surface area contributed by atoms with Gasteiger partial charge in [0.1, 0.15) is 13.2 Å². The lowest BCUT2D eigenvalue weighted by Crippen LogP contribution is -2.30. The van der Waals surface area contributed by atoms with E-state index >= 15 is 0 Å². The van der Waals surface area contributed by atoms with Crippen LogP contribution in [0.3, 0.4) is 0 Å². The zero-order valence-corrected chi connectivity index (χ0v) is 26.8. The van der Waals surface area contributed by atoms with Gasteiger partial charge in [0, 0.05) is 19.3 Å². The second-order valence-corrected chi connectivity index (χ2v) is 11.9. The van der Waals surface area contributed by atoms with Crippen molar-refractivity contribution in [2.75, 3.05) is 13.2 Å². The minimum atomic E-state index is -0.756. The number of hydrogen-bond acceptors (Lipinski definition) is 6. The van der Waals surface area contributed by atoms with Crippen LogP contribution in [0.5, 0.6) is 0 Å². The molecular formula is C34H64O6. The van der Waals surface area contributed by atoms with E-state index in [1.807, 2.05) is 0 Å². The molecule has 0 saturated carbocycles. The summed E-state index contributed by atoms with van der Waals surface area (Å²) in [6.07, 6.45) is 22.9. The minimum Gasteiger partial charge on any atom is -0.462 e. The topological polar surface area (TPSA) is 78.9 Å². The summed E-state index contributed by atoms with van der Waals surface area (Å²) in [5, 5.41) is 0. The zero-order chi connectivity index (χ0) is 29.7. The summed E-state index contributed by atoms with van der Waals surface area (Å²) in [6, 6.07) is 0. The molecule has 0 saturated heterocycles. The minimum absolute atomic E-state index is 0.0688. The molecule has 40 heavy (non-hydrogen) atoms. The quantitative estimate of drug-likeness (QED) is 0.0508. The molecule has 0 bridgehead atoms. The maximum absolute atomic E-state index is 12.5. The first-order valence-electron chi connectivity index (χ1n) is 16.9. The van der Waals surface area contributed by atoms with Crippen LogP contribution in [0.15, 0.2) is 0 Å². The SMILES string of the molecule is CCCCCCCCCCC(=O)OCC(COC(=O)CCCCCC(C)C)OC(=O)CCCCCCCCCC. The Morgan fingerprint density at radius 3 is 1.23 bits per heavy atom. The molecule has 0 fully saturated rings. The number of rotatable bonds is 29. The van der Waals surface area contributed by atoms with Crippen molar-refractivity contribution >= 4 is 17.9 Å². The normalized spacial score (nSPS) is 11.9. The molecule has 1 atom stereocenters. The Hall–Kier alpha value is -1.59. The second-order valence-electron chi connectivity index (χ2n) is 11.9. The van der Waals surface area contributed by atoms with Crippen LogP contribution in [0, 0.1) is 5.92 Å². The van der Waals surface area contributed by atoms with Crippen molar-refractivity contribution in [3.63, 3.8) is 0 Å². The van der Waals surface area contributed by atoms with Gasteiger partial charge in [-0.05, 0) is 25.2 Å². The smallest absolute Gasteiger partial charge is 0.306 e. The van der Waals surface area contributed by atoms with Crippen LogP contribution in [0.2, 0.25) is 0 Å². The molecule has 0 N–H and O–H groups in total. The van der Waals surface area contributed by atoms with E-state index in [-0.39, 0.29) is 31.1 Å². The van der Waals surface area contributed by atoms with Gasteiger partial charge in [0.25, 0.3) is 0 Å². The number of hydrogen-bond donors (Lipinski definition) is 0. The molecule has 0 aliphatic carbocycles. The number of unbranched alkanes of at least 4 members (excludes halogenated alkanes) is 16. The van der Waals surface area contributed by atoms with E-state index in [0.29, 0.717) is 25.2 Å². The highest BCUT2D eigenvalue weighted by Gasteiger charge is 2.19. The Bertz CT molecular complexity index is 603. The fraction of sp³-hybridized carbons (Fsp3) is 0.912. The van der Waals surface area contributed by atoms with Crippen LogP contribution in [0.1, 0.15) is 175 Å². The summed E-state index contributed by atoms with van der Waals surface area (Å²) in [5.41, 5.74) is 0. The summed E-state index contributed by atoms with van der Waals surface area (Å²) in [4.78, 5) is 36.9. The van der Waals surface area contributed by atoms with Crippen molar-refractivity contribution in [2.45, 2.75) is 181 Å². The van der Waals surface area contributed by atoms with E-state index in [1.165, 1.54) is 64.2 Å². The molecule has 0 aromatic carbocycles. The largest absolute Gasteiger partial charge is 0.462 e. The van der Waals surface area contributed by atoms with Gasteiger partial charge >= 0.3 is 17.9 Å². The van der Waals surface area contributed by atoms with E-state index in [9.17, 15) is 14.4 Å². The number of esters is 3. The van der Waals surface area contributed by atoms with E-state index in [1.54, 1.807) is 0 Å². The fourth-order valence-electron chi connectivity index (χ4n) is 4.68. The Balaban J connectivity index is 4.37. The van der Waals surface area contributed by atoms with Crippen LogP contribution >= 0.6 is 0 Å². The van der Waals surface area contributed by atoms with Gasteiger partial charge in [-0.25, -0.2) is 0 Å². The highest BCUT2D eigenvalue weighted by atomic mass is 16.6. The highest BCUT2D eigenvalue weighted by molar-refractivity contribution is 5.71. The third-order valence-corrected chi connectivity index (χ3v) is 7.29. The lowest BCUT2D eigenvalue weighted by molar-refractivity contribution is -0.167. The fourth-order valence-corrected chi connectivity index (χ4v) is 4.68. The summed E-state index contributed by atoms with van der Waals surface area (Å²) < 4.78 is 16.4. The van der Waals surface area contributed by atoms with Crippen molar-refractivity contribution in [3.8, 4) is 0 Å². The molecule has 1 unspecified atom stereocenters. The van der Waals surface area contributed by atoms with Crippen LogP contribution < -0.4 is 0 Å². The van der Waals surface area contributed by atoms with E-state index in [2.05, 4.69) is 27.7 Å². The molecule has 0 aromatic heterocycles. The van der Waals surface area contributed by atoms with Crippen molar-refractivity contribution in [1.29, 1.82) is 0 Å². The first kappa shape index (κ1) is 38.4. The molecule has 0 heterocycles. The molecular weight excluding hydrogens is 504 g/mol. The lowest BCUT2D eigenvalue weighted by Gasteiger charge is -2.18. The molecule has 0 rings (SSSR count). The maximum Gasteiger partial charge on any atom is 0.306 e. The molecule has 0 aliphatic rings. The Labute approximate surface area is 247 Å². The van der Waals surface area contributed by atoms with Crippen LogP contribution in [-0.4, -0.2) is 37.2 Å². The first-order chi connectivity index (χ1) is 19.4. The van der Waals surface area contributed by atoms with Crippen molar-refractivity contribution in [2.24, 2.45) is 5.92 Å². The first-order valence-corrected chi connectivity index (χ1v) is 16.9. The van der Waals surface area contributed by atoms with Gasteiger partial charge in [-0.1, -0.05) is 137 Å². The van der Waals surface area contributed by atoms with Crippen LogP contribution in [0.25, 0.3) is 0 Å². The van der Waals surface area contributed by atoms with Crippen LogP contribution in [-0.2, 0) is 28.6 Å². The van der Waals surface area contributed by atoms with Crippen molar-refractivity contribution in [1.82, 2.24) is 0 Å². The van der Waals surface area contributed by atoms with E-state index in [4.69, 9.17) is 14.2 Å². The number of carbonyl (C=O) groups is 3. The van der Waals surface area contributed by atoms with E-state index < -0.39 is 6.10 Å².